The van der Waals surface area contributed by atoms with Gasteiger partial charge in [-0.25, -0.2) is 0 Å². The van der Waals surface area contributed by atoms with Gasteiger partial charge in [-0.2, -0.15) is 0 Å². The minimum atomic E-state index is -0.744. The van der Waals surface area contributed by atoms with Crippen molar-refractivity contribution in [2.24, 2.45) is 5.92 Å². The van der Waals surface area contributed by atoms with E-state index in [2.05, 4.69) is 15.9 Å². The Morgan fingerprint density at radius 2 is 2.20 bits per heavy atom. The molecule has 1 fully saturated rings. The van der Waals surface area contributed by atoms with Crippen LogP contribution in [0.5, 0.6) is 0 Å². The fraction of sp³-hybridized carbons (Fsp3) is 0.364. The van der Waals surface area contributed by atoms with Crippen LogP contribution in [0.1, 0.15) is 24.3 Å². The summed E-state index contributed by atoms with van der Waals surface area (Å²) in [4.78, 5) is 11.1. The van der Waals surface area contributed by atoms with E-state index in [0.29, 0.717) is 10.9 Å². The highest BCUT2D eigenvalue weighted by atomic mass is 79.9. The molecule has 0 bridgehead atoms. The summed E-state index contributed by atoms with van der Waals surface area (Å²) in [7, 11) is 0. The molecule has 0 heterocycles. The zero-order valence-electron chi connectivity index (χ0n) is 7.91. The van der Waals surface area contributed by atoms with Crippen molar-refractivity contribution in [2.45, 2.75) is 18.8 Å². The van der Waals surface area contributed by atoms with Crippen molar-refractivity contribution >= 4 is 33.5 Å². The fourth-order valence-electron chi connectivity index (χ4n) is 1.75. The first-order chi connectivity index (χ1) is 7.09. The number of halogens is 2. The smallest absolute Gasteiger partial charge is 0.311 e. The number of hydrogen-bond acceptors (Lipinski definition) is 1. The van der Waals surface area contributed by atoms with E-state index >= 15 is 0 Å². The fourth-order valence-corrected chi connectivity index (χ4v) is 2.27. The van der Waals surface area contributed by atoms with Gasteiger partial charge in [0, 0.05) is 4.47 Å². The average Bonchev–Trinajstić information content (AvgIpc) is 2.95. The van der Waals surface area contributed by atoms with E-state index in [4.69, 9.17) is 16.7 Å². The number of aliphatic carboxylic acids is 1. The van der Waals surface area contributed by atoms with E-state index in [1.165, 1.54) is 0 Å². The Hall–Kier alpha value is -0.540. The van der Waals surface area contributed by atoms with Gasteiger partial charge in [0.25, 0.3) is 0 Å². The van der Waals surface area contributed by atoms with Crippen molar-refractivity contribution in [3.05, 3.63) is 33.3 Å². The largest absolute Gasteiger partial charge is 0.481 e. The Bertz CT molecular complexity index is 402. The molecule has 4 heteroatoms. The summed E-state index contributed by atoms with van der Waals surface area (Å²) in [5.41, 5.74) is 0.835. The predicted molar refractivity (Wildman–Crippen MR) is 62.3 cm³/mol. The molecule has 0 radical (unpaired) electrons. The highest BCUT2D eigenvalue weighted by Gasteiger charge is 2.37. The first-order valence-corrected chi connectivity index (χ1v) is 5.94. The molecule has 0 amide bonds. The number of carboxylic acid groups (broad SMARTS) is 1. The van der Waals surface area contributed by atoms with Gasteiger partial charge in [0.2, 0.25) is 0 Å². The van der Waals surface area contributed by atoms with Crippen LogP contribution in [-0.4, -0.2) is 11.1 Å². The lowest BCUT2D eigenvalue weighted by Crippen LogP contribution is -2.13. The lowest BCUT2D eigenvalue weighted by molar-refractivity contribution is -0.139. The summed E-state index contributed by atoms with van der Waals surface area (Å²) in [5.74, 6) is -0.819. The molecule has 2 nitrogen and oxygen atoms in total. The molecule has 1 N–H and O–H groups in total. The third-order valence-electron chi connectivity index (χ3n) is 2.66. The standard InChI is InChI=1S/C11H10BrClO2/c12-8-5-7(3-4-9(8)13)10(11(14)15)6-1-2-6/h3-6,10H,1-2H2,(H,14,15). The molecule has 0 saturated heterocycles. The van der Waals surface area contributed by atoms with Crippen molar-refractivity contribution in [3.63, 3.8) is 0 Å². The van der Waals surface area contributed by atoms with Crippen LogP contribution in [0.15, 0.2) is 22.7 Å². The molecule has 0 aromatic heterocycles. The third kappa shape index (κ3) is 2.34. The number of benzene rings is 1. The predicted octanol–water partition coefficient (Wildman–Crippen LogP) is 3.68. The second-order valence-corrected chi connectivity index (χ2v) is 5.09. The van der Waals surface area contributed by atoms with Crippen molar-refractivity contribution in [3.8, 4) is 0 Å². The summed E-state index contributed by atoms with van der Waals surface area (Å²) >= 11 is 9.17. The monoisotopic (exact) mass is 288 g/mol. The van der Waals surface area contributed by atoms with Gasteiger partial charge in [0.15, 0.2) is 0 Å². The molecule has 1 saturated carbocycles. The summed E-state index contributed by atoms with van der Waals surface area (Å²) in [6.45, 7) is 0. The van der Waals surface area contributed by atoms with Gasteiger partial charge in [-0.05, 0) is 52.4 Å². The zero-order valence-corrected chi connectivity index (χ0v) is 10.3. The maximum absolute atomic E-state index is 11.1. The highest BCUT2D eigenvalue weighted by Crippen LogP contribution is 2.43. The van der Waals surface area contributed by atoms with E-state index in [-0.39, 0.29) is 5.92 Å². The van der Waals surface area contributed by atoms with Gasteiger partial charge in [0.05, 0.1) is 10.9 Å². The molecule has 1 aliphatic carbocycles. The van der Waals surface area contributed by atoms with E-state index in [0.717, 1.165) is 22.9 Å². The maximum atomic E-state index is 11.1. The maximum Gasteiger partial charge on any atom is 0.311 e. The highest BCUT2D eigenvalue weighted by molar-refractivity contribution is 9.10. The van der Waals surface area contributed by atoms with Gasteiger partial charge in [-0.3, -0.25) is 4.79 Å². The SMILES string of the molecule is O=C(O)C(c1ccc(Cl)c(Br)c1)C1CC1. The molecule has 0 aliphatic heterocycles. The molecule has 2 rings (SSSR count). The summed E-state index contributed by atoms with van der Waals surface area (Å²) in [6, 6.07) is 5.34. The van der Waals surface area contributed by atoms with Crippen molar-refractivity contribution in [1.82, 2.24) is 0 Å². The summed E-state index contributed by atoms with van der Waals surface area (Å²) in [5, 5.41) is 9.76. The molecule has 80 valence electrons. The number of carbonyl (C=O) groups is 1. The lowest BCUT2D eigenvalue weighted by Gasteiger charge is -2.12. The van der Waals surface area contributed by atoms with Crippen LogP contribution < -0.4 is 0 Å². The Morgan fingerprint density at radius 3 is 2.67 bits per heavy atom. The summed E-state index contributed by atoms with van der Waals surface area (Å²) < 4.78 is 0.758. The molecule has 1 atom stereocenters. The van der Waals surface area contributed by atoms with Crippen LogP contribution in [0.25, 0.3) is 0 Å². The van der Waals surface area contributed by atoms with E-state index in [9.17, 15) is 4.79 Å². The molecule has 15 heavy (non-hydrogen) atoms. The van der Waals surface area contributed by atoms with Crippen molar-refractivity contribution in [1.29, 1.82) is 0 Å². The number of hydrogen-bond donors (Lipinski definition) is 1. The molecule has 1 aromatic rings. The van der Waals surface area contributed by atoms with E-state index in [1.807, 2.05) is 0 Å². The first-order valence-electron chi connectivity index (χ1n) is 4.77. The average molecular weight is 290 g/mol. The summed E-state index contributed by atoms with van der Waals surface area (Å²) in [6.07, 6.45) is 2.02. The van der Waals surface area contributed by atoms with Gasteiger partial charge < -0.3 is 5.11 Å². The van der Waals surface area contributed by atoms with E-state index in [1.54, 1.807) is 18.2 Å². The van der Waals surface area contributed by atoms with Crippen molar-refractivity contribution in [2.75, 3.05) is 0 Å². The Kier molecular flexibility index (Phi) is 3.03. The van der Waals surface area contributed by atoms with Gasteiger partial charge in [0.1, 0.15) is 0 Å². The van der Waals surface area contributed by atoms with Gasteiger partial charge in [-0.1, -0.05) is 17.7 Å². The van der Waals surface area contributed by atoms with Gasteiger partial charge >= 0.3 is 5.97 Å². The molecule has 1 aromatic carbocycles. The van der Waals surface area contributed by atoms with Crippen LogP contribution in [0.4, 0.5) is 0 Å². The number of carboxylic acids is 1. The van der Waals surface area contributed by atoms with Crippen LogP contribution >= 0.6 is 27.5 Å². The minimum Gasteiger partial charge on any atom is -0.481 e. The lowest BCUT2D eigenvalue weighted by atomic mass is 9.94. The Labute approximate surface area is 101 Å². The molecule has 1 unspecified atom stereocenters. The molecule has 0 spiro atoms. The molecular weight excluding hydrogens is 279 g/mol. The third-order valence-corrected chi connectivity index (χ3v) is 3.88. The second kappa shape index (κ2) is 4.14. The normalized spacial score (nSPS) is 17.5. The molecule has 1 aliphatic rings. The Morgan fingerprint density at radius 1 is 1.53 bits per heavy atom. The van der Waals surface area contributed by atoms with Crippen LogP contribution in [-0.2, 0) is 4.79 Å². The number of rotatable bonds is 3. The second-order valence-electron chi connectivity index (χ2n) is 3.83. The minimum absolute atomic E-state index is 0.301. The van der Waals surface area contributed by atoms with Crippen LogP contribution in [0, 0.1) is 5.92 Å². The molecular formula is C11H10BrClO2. The topological polar surface area (TPSA) is 37.3 Å². The Balaban J connectivity index is 2.33. The van der Waals surface area contributed by atoms with Crippen LogP contribution in [0.2, 0.25) is 5.02 Å². The zero-order chi connectivity index (χ0) is 11.0. The quantitative estimate of drug-likeness (QED) is 0.921. The first kappa shape index (κ1) is 11.0. The van der Waals surface area contributed by atoms with Gasteiger partial charge in [-0.15, -0.1) is 0 Å². The van der Waals surface area contributed by atoms with E-state index < -0.39 is 5.97 Å². The van der Waals surface area contributed by atoms with Crippen LogP contribution in [0.3, 0.4) is 0 Å². The van der Waals surface area contributed by atoms with Crippen molar-refractivity contribution < 1.29 is 9.90 Å².